The van der Waals surface area contributed by atoms with Crippen molar-refractivity contribution >= 4 is 29.0 Å². The predicted molar refractivity (Wildman–Crippen MR) is 138 cm³/mol. The van der Waals surface area contributed by atoms with Crippen molar-refractivity contribution in [2.45, 2.75) is 32.0 Å². The van der Waals surface area contributed by atoms with Crippen LogP contribution in [0.1, 0.15) is 23.3 Å². The molecular weight excluding hydrogens is 481 g/mol. The van der Waals surface area contributed by atoms with Gasteiger partial charge in [0.2, 0.25) is 5.91 Å². The molecule has 1 fully saturated rings. The van der Waals surface area contributed by atoms with E-state index in [1.165, 1.54) is 24.1 Å². The average molecular weight is 512 g/mol. The summed E-state index contributed by atoms with van der Waals surface area (Å²) in [7, 11) is 1.54. The zero-order chi connectivity index (χ0) is 25.3. The van der Waals surface area contributed by atoms with Gasteiger partial charge in [0.25, 0.3) is 0 Å². The van der Waals surface area contributed by atoms with Crippen molar-refractivity contribution in [3.05, 3.63) is 82.3 Å². The Hall–Kier alpha value is -3.43. The van der Waals surface area contributed by atoms with Crippen LogP contribution in [0.5, 0.6) is 5.75 Å². The number of benzene rings is 2. The van der Waals surface area contributed by atoms with Crippen molar-refractivity contribution in [2.24, 2.45) is 0 Å². The van der Waals surface area contributed by atoms with Crippen LogP contribution in [-0.2, 0) is 22.6 Å². The van der Waals surface area contributed by atoms with Crippen molar-refractivity contribution in [1.82, 2.24) is 9.80 Å². The van der Waals surface area contributed by atoms with E-state index < -0.39 is 6.03 Å². The molecule has 4 rings (SSSR count). The number of rotatable bonds is 10. The Balaban J connectivity index is 1.52. The number of hydrogen-bond acceptors (Lipinski definition) is 5. The van der Waals surface area contributed by atoms with Crippen molar-refractivity contribution in [3.63, 3.8) is 0 Å². The first-order chi connectivity index (χ1) is 17.5. The van der Waals surface area contributed by atoms with Gasteiger partial charge in [-0.3, -0.25) is 4.79 Å². The molecule has 1 aromatic heterocycles. The highest BCUT2D eigenvalue weighted by atomic mass is 32.1. The number of anilines is 1. The van der Waals surface area contributed by atoms with Gasteiger partial charge in [0, 0.05) is 24.6 Å². The van der Waals surface area contributed by atoms with E-state index in [1.807, 2.05) is 23.6 Å². The van der Waals surface area contributed by atoms with Gasteiger partial charge in [0.1, 0.15) is 18.1 Å². The molecule has 2 aromatic carbocycles. The molecule has 1 saturated heterocycles. The van der Waals surface area contributed by atoms with Gasteiger partial charge in [-0.25, -0.2) is 9.18 Å². The number of amides is 3. The quantitative estimate of drug-likeness (QED) is 0.409. The summed E-state index contributed by atoms with van der Waals surface area (Å²) in [6, 6.07) is 16.7. The van der Waals surface area contributed by atoms with Gasteiger partial charge in [0.15, 0.2) is 0 Å². The maximum absolute atomic E-state index is 13.6. The van der Waals surface area contributed by atoms with Crippen LogP contribution in [0.3, 0.4) is 0 Å². The van der Waals surface area contributed by atoms with Gasteiger partial charge >= 0.3 is 6.03 Å². The van der Waals surface area contributed by atoms with Crippen LogP contribution in [0, 0.1) is 5.82 Å². The van der Waals surface area contributed by atoms with Crippen molar-refractivity contribution in [1.29, 1.82) is 0 Å². The number of thiophene rings is 1. The Labute approximate surface area is 214 Å². The Bertz CT molecular complexity index is 1130. The first-order valence-electron chi connectivity index (χ1n) is 11.9. The number of ether oxygens (including phenoxy) is 2. The molecule has 1 atom stereocenters. The van der Waals surface area contributed by atoms with E-state index in [2.05, 4.69) is 5.32 Å². The van der Waals surface area contributed by atoms with E-state index in [0.717, 1.165) is 23.3 Å². The normalized spacial score (nSPS) is 14.9. The van der Waals surface area contributed by atoms with Crippen LogP contribution < -0.4 is 10.1 Å². The number of nitrogens with zero attached hydrogens (tertiary/aromatic N) is 2. The Morgan fingerprint density at radius 1 is 1.08 bits per heavy atom. The molecule has 7 nitrogen and oxygen atoms in total. The molecule has 3 amide bonds. The lowest BCUT2D eigenvalue weighted by Gasteiger charge is -2.29. The highest BCUT2D eigenvalue weighted by Crippen LogP contribution is 2.24. The minimum absolute atomic E-state index is 0.118. The molecular formula is C27H30FN3O4S. The first kappa shape index (κ1) is 25.7. The van der Waals surface area contributed by atoms with Gasteiger partial charge in [-0.15, -0.1) is 11.3 Å². The van der Waals surface area contributed by atoms with E-state index in [0.29, 0.717) is 37.7 Å². The van der Waals surface area contributed by atoms with E-state index in [1.54, 1.807) is 46.6 Å². The molecule has 1 aliphatic rings. The largest absolute Gasteiger partial charge is 0.495 e. The standard InChI is InChI=1S/C27H30FN3O4S/c1-34-25-9-3-2-8-24(25)29-27(33)31(17-22-6-4-14-35-22)19-26(32)30(18-23-7-5-15-36-23)16-20-10-12-21(28)13-11-20/h2-3,5,7-13,15,22H,4,6,14,16-19H2,1H3,(H,29,33)/t22-/m0/s1. The monoisotopic (exact) mass is 511 g/mol. The molecule has 0 radical (unpaired) electrons. The Kier molecular flexibility index (Phi) is 8.91. The third-order valence-corrected chi connectivity index (χ3v) is 6.84. The average Bonchev–Trinajstić information content (AvgIpc) is 3.59. The smallest absolute Gasteiger partial charge is 0.322 e. The third-order valence-electron chi connectivity index (χ3n) is 5.98. The van der Waals surface area contributed by atoms with Crippen molar-refractivity contribution in [2.75, 3.05) is 32.1 Å². The number of urea groups is 1. The number of methoxy groups -OCH3 is 1. The van der Waals surface area contributed by atoms with Gasteiger partial charge < -0.3 is 24.6 Å². The van der Waals surface area contributed by atoms with Crippen LogP contribution in [0.4, 0.5) is 14.9 Å². The summed E-state index contributed by atoms with van der Waals surface area (Å²) in [6.07, 6.45) is 1.64. The van der Waals surface area contributed by atoms with Crippen LogP contribution >= 0.6 is 11.3 Å². The zero-order valence-corrected chi connectivity index (χ0v) is 21.0. The second kappa shape index (κ2) is 12.5. The van der Waals surface area contributed by atoms with Crippen molar-refractivity contribution < 1.29 is 23.5 Å². The molecule has 3 aromatic rings. The first-order valence-corrected chi connectivity index (χ1v) is 12.7. The summed E-state index contributed by atoms with van der Waals surface area (Å²) in [4.78, 5) is 31.1. The van der Waals surface area contributed by atoms with Crippen LogP contribution in [0.15, 0.2) is 66.0 Å². The molecule has 1 N–H and O–H groups in total. The highest BCUT2D eigenvalue weighted by molar-refractivity contribution is 7.09. The minimum Gasteiger partial charge on any atom is -0.495 e. The summed E-state index contributed by atoms with van der Waals surface area (Å²) < 4.78 is 24.5. The molecule has 0 saturated carbocycles. The lowest BCUT2D eigenvalue weighted by atomic mass is 10.2. The fourth-order valence-electron chi connectivity index (χ4n) is 4.09. The molecule has 190 valence electrons. The molecule has 9 heteroatoms. The number of nitrogens with one attached hydrogen (secondary N) is 1. The lowest BCUT2D eigenvalue weighted by Crippen LogP contribution is -2.46. The van der Waals surface area contributed by atoms with E-state index >= 15 is 0 Å². The van der Waals surface area contributed by atoms with Crippen LogP contribution in [0.2, 0.25) is 0 Å². The summed E-state index contributed by atoms with van der Waals surface area (Å²) in [5.74, 6) is -0.00333. The highest BCUT2D eigenvalue weighted by Gasteiger charge is 2.27. The van der Waals surface area contributed by atoms with E-state index in [9.17, 15) is 14.0 Å². The summed E-state index contributed by atoms with van der Waals surface area (Å²) in [5.41, 5.74) is 1.34. The fourth-order valence-corrected chi connectivity index (χ4v) is 4.81. The number of carbonyl (C=O) groups excluding carboxylic acids is 2. The van der Waals surface area contributed by atoms with Crippen LogP contribution in [0.25, 0.3) is 0 Å². The van der Waals surface area contributed by atoms with Gasteiger partial charge in [-0.1, -0.05) is 30.3 Å². The second-order valence-electron chi connectivity index (χ2n) is 8.60. The molecule has 0 unspecified atom stereocenters. The number of carbonyl (C=O) groups is 2. The fraction of sp³-hybridized carbons (Fsp3) is 0.333. The number of para-hydroxylation sites is 2. The topological polar surface area (TPSA) is 71.1 Å². The van der Waals surface area contributed by atoms with Gasteiger partial charge in [-0.2, -0.15) is 0 Å². The summed E-state index contributed by atoms with van der Waals surface area (Å²) >= 11 is 1.56. The van der Waals surface area contributed by atoms with E-state index in [4.69, 9.17) is 9.47 Å². The maximum atomic E-state index is 13.6. The summed E-state index contributed by atoms with van der Waals surface area (Å²) in [6.45, 7) is 1.54. The van der Waals surface area contributed by atoms with Crippen molar-refractivity contribution in [3.8, 4) is 5.75 Å². The lowest BCUT2D eigenvalue weighted by molar-refractivity contribution is -0.133. The SMILES string of the molecule is COc1ccccc1NC(=O)N(CC(=O)N(Cc1ccc(F)cc1)Cc1cccs1)C[C@@H]1CCCO1. The third kappa shape index (κ3) is 7.05. The Morgan fingerprint density at radius 3 is 2.58 bits per heavy atom. The summed E-state index contributed by atoms with van der Waals surface area (Å²) in [5, 5.41) is 4.84. The van der Waals surface area contributed by atoms with Gasteiger partial charge in [-0.05, 0) is 54.1 Å². The molecule has 0 aliphatic carbocycles. The molecule has 36 heavy (non-hydrogen) atoms. The maximum Gasteiger partial charge on any atom is 0.322 e. The molecule has 0 bridgehead atoms. The predicted octanol–water partition coefficient (Wildman–Crippen LogP) is 5.14. The zero-order valence-electron chi connectivity index (χ0n) is 20.2. The second-order valence-corrected chi connectivity index (χ2v) is 9.63. The van der Waals surface area contributed by atoms with Crippen LogP contribution in [-0.4, -0.2) is 54.6 Å². The van der Waals surface area contributed by atoms with E-state index in [-0.39, 0.29) is 24.4 Å². The number of halogens is 1. The Morgan fingerprint density at radius 2 is 1.89 bits per heavy atom. The number of hydrogen-bond donors (Lipinski definition) is 1. The molecule has 0 spiro atoms. The molecule has 2 heterocycles. The molecule has 1 aliphatic heterocycles. The van der Waals surface area contributed by atoms with Gasteiger partial charge in [0.05, 0.1) is 25.4 Å². The minimum atomic E-state index is -0.402.